The van der Waals surface area contributed by atoms with Crippen molar-refractivity contribution in [3.8, 4) is 11.3 Å². The van der Waals surface area contributed by atoms with Gasteiger partial charge in [0.2, 0.25) is 5.91 Å². The van der Waals surface area contributed by atoms with Gasteiger partial charge in [0, 0.05) is 6.54 Å². The van der Waals surface area contributed by atoms with Gasteiger partial charge >= 0.3 is 0 Å². The second-order valence-corrected chi connectivity index (χ2v) is 7.77. The van der Waals surface area contributed by atoms with Gasteiger partial charge in [-0.3, -0.25) is 9.69 Å². The number of aromatic nitrogens is 2. The predicted molar refractivity (Wildman–Crippen MR) is 120 cm³/mol. The van der Waals surface area contributed by atoms with Crippen molar-refractivity contribution in [1.82, 2.24) is 19.8 Å². The van der Waals surface area contributed by atoms with Gasteiger partial charge in [-0.25, -0.2) is 4.98 Å². The van der Waals surface area contributed by atoms with Crippen LogP contribution in [0.25, 0.3) is 11.3 Å². The summed E-state index contributed by atoms with van der Waals surface area (Å²) in [4.78, 5) is 26.2. The summed E-state index contributed by atoms with van der Waals surface area (Å²) in [5.74, 6) is 1.05. The number of aromatic amines is 1. The Morgan fingerprint density at radius 1 is 1.10 bits per heavy atom. The second-order valence-electron chi connectivity index (χ2n) is 7.77. The number of likely N-dealkylation sites (tertiary alicyclic amines) is 1. The first kappa shape index (κ1) is 20.4. The molecule has 1 aliphatic rings. The molecule has 3 aromatic rings. The molecule has 0 radical (unpaired) electrons. The molecular formula is C25H30N4O. The van der Waals surface area contributed by atoms with Crippen LogP contribution in [0, 0.1) is 0 Å². The molecular weight excluding hydrogens is 372 g/mol. The van der Waals surface area contributed by atoms with E-state index in [1.165, 1.54) is 0 Å². The molecule has 0 aliphatic carbocycles. The topological polar surface area (TPSA) is 52.2 Å². The third-order valence-corrected chi connectivity index (χ3v) is 6.06. The fourth-order valence-electron chi connectivity index (χ4n) is 4.48. The number of likely N-dealkylation sites (N-methyl/N-ethyl adjacent to an activating group) is 1. The smallest absolute Gasteiger partial charge is 0.245 e. The molecule has 0 spiro atoms. The van der Waals surface area contributed by atoms with Gasteiger partial charge in [-0.1, -0.05) is 74.5 Å². The number of imidazole rings is 1. The molecule has 1 aromatic heterocycles. The van der Waals surface area contributed by atoms with Crippen LogP contribution in [0.4, 0.5) is 0 Å². The highest BCUT2D eigenvalue weighted by Crippen LogP contribution is 2.35. The van der Waals surface area contributed by atoms with E-state index >= 15 is 0 Å². The molecule has 2 heterocycles. The molecule has 1 N–H and O–H groups in total. The third kappa shape index (κ3) is 4.03. The molecule has 1 fully saturated rings. The normalized spacial score (nSPS) is 17.4. The lowest BCUT2D eigenvalue weighted by Gasteiger charge is -2.34. The number of hydrogen-bond donors (Lipinski definition) is 1. The molecule has 1 amide bonds. The SMILES string of the molecule is CCN(CC)C(C(=O)N1CCCC1c1ncc(-c2ccccc2)[nH]1)c1ccccc1. The number of hydrogen-bond acceptors (Lipinski definition) is 3. The first-order valence-electron chi connectivity index (χ1n) is 10.9. The van der Waals surface area contributed by atoms with Crippen molar-refractivity contribution in [2.75, 3.05) is 19.6 Å². The zero-order valence-electron chi connectivity index (χ0n) is 17.8. The molecule has 1 aliphatic heterocycles. The number of nitrogens with one attached hydrogen (secondary N) is 1. The highest BCUT2D eigenvalue weighted by Gasteiger charge is 2.37. The Labute approximate surface area is 178 Å². The minimum absolute atomic E-state index is 0.00302. The van der Waals surface area contributed by atoms with Crippen molar-refractivity contribution in [3.63, 3.8) is 0 Å². The van der Waals surface area contributed by atoms with E-state index in [2.05, 4.69) is 53.0 Å². The van der Waals surface area contributed by atoms with Crippen molar-refractivity contribution in [3.05, 3.63) is 78.2 Å². The van der Waals surface area contributed by atoms with E-state index in [4.69, 9.17) is 0 Å². The largest absolute Gasteiger partial charge is 0.340 e. The fourth-order valence-corrected chi connectivity index (χ4v) is 4.48. The Morgan fingerprint density at radius 2 is 1.77 bits per heavy atom. The molecule has 1 saturated heterocycles. The van der Waals surface area contributed by atoms with Crippen LogP contribution in [0.15, 0.2) is 66.9 Å². The van der Waals surface area contributed by atoms with E-state index in [1.54, 1.807) is 0 Å². The van der Waals surface area contributed by atoms with E-state index in [9.17, 15) is 4.79 Å². The molecule has 2 aromatic carbocycles. The van der Waals surface area contributed by atoms with Crippen molar-refractivity contribution < 1.29 is 4.79 Å². The molecule has 4 rings (SSSR count). The second kappa shape index (κ2) is 9.26. The standard InChI is InChI=1S/C25H30N4O/c1-3-28(4-2)23(20-14-9-6-10-15-20)25(30)29-17-11-16-22(29)24-26-18-21(27-24)19-12-7-5-8-13-19/h5-10,12-15,18,22-23H,3-4,11,16-17H2,1-2H3,(H,26,27). The summed E-state index contributed by atoms with van der Waals surface area (Å²) in [5.41, 5.74) is 3.16. The van der Waals surface area contributed by atoms with Crippen LogP contribution in [0.1, 0.15) is 50.2 Å². The van der Waals surface area contributed by atoms with Gasteiger partial charge in [-0.05, 0) is 37.1 Å². The van der Waals surface area contributed by atoms with E-state index in [1.807, 2.05) is 47.5 Å². The lowest BCUT2D eigenvalue weighted by molar-refractivity contribution is -0.138. The monoisotopic (exact) mass is 402 g/mol. The van der Waals surface area contributed by atoms with Crippen LogP contribution < -0.4 is 0 Å². The van der Waals surface area contributed by atoms with Gasteiger partial charge in [-0.2, -0.15) is 0 Å². The zero-order valence-corrected chi connectivity index (χ0v) is 17.8. The van der Waals surface area contributed by atoms with Crippen LogP contribution >= 0.6 is 0 Å². The van der Waals surface area contributed by atoms with Gasteiger partial charge in [0.15, 0.2) is 0 Å². The van der Waals surface area contributed by atoms with Gasteiger partial charge in [-0.15, -0.1) is 0 Å². The summed E-state index contributed by atoms with van der Waals surface area (Å²) in [6.07, 6.45) is 3.81. The average Bonchev–Trinajstić information content (AvgIpc) is 3.48. The maximum atomic E-state index is 13.8. The quantitative estimate of drug-likeness (QED) is 0.616. The molecule has 0 bridgehead atoms. The summed E-state index contributed by atoms with van der Waals surface area (Å²) in [5, 5.41) is 0. The van der Waals surface area contributed by atoms with E-state index in [0.717, 1.165) is 55.1 Å². The maximum absolute atomic E-state index is 13.8. The Bertz CT molecular complexity index is 950. The Kier molecular flexibility index (Phi) is 6.29. The van der Waals surface area contributed by atoms with Gasteiger partial charge < -0.3 is 9.88 Å². The summed E-state index contributed by atoms with van der Waals surface area (Å²) in [6, 6.07) is 20.1. The average molecular weight is 403 g/mol. The van der Waals surface area contributed by atoms with Crippen LogP contribution in [-0.2, 0) is 4.79 Å². The van der Waals surface area contributed by atoms with E-state index in [-0.39, 0.29) is 18.0 Å². The maximum Gasteiger partial charge on any atom is 0.245 e. The third-order valence-electron chi connectivity index (χ3n) is 6.06. The van der Waals surface area contributed by atoms with Crippen molar-refractivity contribution in [2.45, 2.75) is 38.8 Å². The number of H-pyrrole nitrogens is 1. The number of nitrogens with zero attached hydrogens (tertiary/aromatic N) is 3. The number of carbonyl (C=O) groups excluding carboxylic acids is 1. The Morgan fingerprint density at radius 3 is 2.43 bits per heavy atom. The van der Waals surface area contributed by atoms with Crippen LogP contribution in [0.3, 0.4) is 0 Å². The number of amides is 1. The highest BCUT2D eigenvalue weighted by molar-refractivity contribution is 5.84. The summed E-state index contributed by atoms with van der Waals surface area (Å²) in [6.45, 7) is 6.67. The molecule has 5 heteroatoms. The number of rotatable bonds is 7. The van der Waals surface area contributed by atoms with E-state index < -0.39 is 0 Å². The first-order chi connectivity index (χ1) is 14.7. The molecule has 2 atom stereocenters. The lowest BCUT2D eigenvalue weighted by atomic mass is 10.0. The van der Waals surface area contributed by atoms with Crippen LogP contribution in [0.5, 0.6) is 0 Å². The molecule has 2 unspecified atom stereocenters. The van der Waals surface area contributed by atoms with Crippen LogP contribution in [-0.4, -0.2) is 45.3 Å². The number of benzene rings is 2. The van der Waals surface area contributed by atoms with Gasteiger partial charge in [0.1, 0.15) is 11.9 Å². The van der Waals surface area contributed by atoms with Crippen LogP contribution in [0.2, 0.25) is 0 Å². The van der Waals surface area contributed by atoms with Crippen molar-refractivity contribution in [2.24, 2.45) is 0 Å². The minimum atomic E-state index is -0.259. The zero-order chi connectivity index (χ0) is 20.9. The minimum Gasteiger partial charge on any atom is -0.340 e. The highest BCUT2D eigenvalue weighted by atomic mass is 16.2. The Hall–Kier alpha value is -2.92. The summed E-state index contributed by atoms with van der Waals surface area (Å²) >= 11 is 0. The van der Waals surface area contributed by atoms with Crippen molar-refractivity contribution >= 4 is 5.91 Å². The lowest BCUT2D eigenvalue weighted by Crippen LogP contribution is -2.43. The molecule has 156 valence electrons. The summed E-state index contributed by atoms with van der Waals surface area (Å²) in [7, 11) is 0. The molecule has 5 nitrogen and oxygen atoms in total. The summed E-state index contributed by atoms with van der Waals surface area (Å²) < 4.78 is 0. The fraction of sp³-hybridized carbons (Fsp3) is 0.360. The van der Waals surface area contributed by atoms with Gasteiger partial charge in [0.25, 0.3) is 0 Å². The molecule has 30 heavy (non-hydrogen) atoms. The van der Waals surface area contributed by atoms with Crippen molar-refractivity contribution in [1.29, 1.82) is 0 Å². The molecule has 0 saturated carbocycles. The first-order valence-corrected chi connectivity index (χ1v) is 10.9. The number of carbonyl (C=O) groups is 1. The van der Waals surface area contributed by atoms with E-state index in [0.29, 0.717) is 0 Å². The van der Waals surface area contributed by atoms with Gasteiger partial charge in [0.05, 0.1) is 17.9 Å². The predicted octanol–water partition coefficient (Wildman–Crippen LogP) is 4.82. The Balaban J connectivity index is 1.62.